The Labute approximate surface area is 101 Å². The molecule has 6 nitrogen and oxygen atoms in total. The van der Waals surface area contributed by atoms with Gasteiger partial charge in [0.05, 0.1) is 12.5 Å². The number of carbonyl (C=O) groups is 2. The Morgan fingerprint density at radius 3 is 2.35 bits per heavy atom. The van der Waals surface area contributed by atoms with Crippen LogP contribution in [-0.4, -0.2) is 66.1 Å². The monoisotopic (exact) mass is 243 g/mol. The number of aliphatic carboxylic acids is 1. The molecular formula is C11H21N3O3. The molecule has 1 atom stereocenters. The molecule has 1 fully saturated rings. The van der Waals surface area contributed by atoms with Gasteiger partial charge in [0.1, 0.15) is 0 Å². The second kappa shape index (κ2) is 5.97. The van der Waals surface area contributed by atoms with E-state index in [9.17, 15) is 9.59 Å². The standard InChI is InChI=1S/C11H21N3O3/c1-13(2)8-3-5-14(6-4-8)11(17)9(12)7-10(15)16/h8-9H,3-7,12H2,1-2H3,(H,15,16). The van der Waals surface area contributed by atoms with E-state index in [1.165, 1.54) is 0 Å². The van der Waals surface area contributed by atoms with Gasteiger partial charge in [-0.1, -0.05) is 0 Å². The molecule has 17 heavy (non-hydrogen) atoms. The zero-order chi connectivity index (χ0) is 13.0. The number of carbonyl (C=O) groups excluding carboxylic acids is 1. The van der Waals surface area contributed by atoms with Crippen molar-refractivity contribution in [1.82, 2.24) is 9.80 Å². The molecule has 1 rings (SSSR count). The minimum absolute atomic E-state index is 0.246. The Kier molecular flexibility index (Phi) is 4.89. The molecule has 6 heteroatoms. The lowest BCUT2D eigenvalue weighted by Crippen LogP contribution is -2.50. The molecule has 0 aromatic carbocycles. The number of rotatable bonds is 4. The number of carboxylic acid groups (broad SMARTS) is 1. The number of hydrogen-bond donors (Lipinski definition) is 2. The molecule has 1 aliphatic heterocycles. The maximum absolute atomic E-state index is 11.8. The number of nitrogens with two attached hydrogens (primary N) is 1. The van der Waals surface area contributed by atoms with Crippen LogP contribution in [0.4, 0.5) is 0 Å². The normalized spacial score (nSPS) is 19.4. The van der Waals surface area contributed by atoms with Crippen LogP contribution in [0, 0.1) is 0 Å². The summed E-state index contributed by atoms with van der Waals surface area (Å²) >= 11 is 0. The van der Waals surface area contributed by atoms with Crippen LogP contribution in [0.3, 0.4) is 0 Å². The average molecular weight is 243 g/mol. The van der Waals surface area contributed by atoms with Crippen molar-refractivity contribution in [1.29, 1.82) is 0 Å². The molecule has 0 aromatic rings. The fourth-order valence-corrected chi connectivity index (χ4v) is 2.11. The molecule has 1 amide bonds. The lowest BCUT2D eigenvalue weighted by Gasteiger charge is -2.36. The number of piperidine rings is 1. The van der Waals surface area contributed by atoms with Crippen LogP contribution in [0.1, 0.15) is 19.3 Å². The zero-order valence-corrected chi connectivity index (χ0v) is 10.4. The fraction of sp³-hybridized carbons (Fsp3) is 0.818. The highest BCUT2D eigenvalue weighted by Gasteiger charge is 2.27. The summed E-state index contributed by atoms with van der Waals surface area (Å²) in [5.41, 5.74) is 5.56. The number of nitrogens with zero attached hydrogens (tertiary/aromatic N) is 2. The lowest BCUT2D eigenvalue weighted by atomic mass is 10.0. The van der Waals surface area contributed by atoms with Crippen molar-refractivity contribution in [2.24, 2.45) is 5.73 Å². The van der Waals surface area contributed by atoms with E-state index >= 15 is 0 Å². The van der Waals surface area contributed by atoms with Crippen LogP contribution in [0.15, 0.2) is 0 Å². The minimum Gasteiger partial charge on any atom is -0.481 e. The van der Waals surface area contributed by atoms with Crippen molar-refractivity contribution in [2.75, 3.05) is 27.2 Å². The molecule has 0 aromatic heterocycles. The highest BCUT2D eigenvalue weighted by Crippen LogP contribution is 2.15. The van der Waals surface area contributed by atoms with E-state index < -0.39 is 12.0 Å². The number of hydrogen-bond acceptors (Lipinski definition) is 4. The summed E-state index contributed by atoms with van der Waals surface area (Å²) < 4.78 is 0. The first kappa shape index (κ1) is 13.9. The Hall–Kier alpha value is -1.14. The van der Waals surface area contributed by atoms with Crippen molar-refractivity contribution in [3.8, 4) is 0 Å². The van der Waals surface area contributed by atoms with Gasteiger partial charge in [0.2, 0.25) is 5.91 Å². The number of carboxylic acids is 1. The summed E-state index contributed by atoms with van der Waals surface area (Å²) in [4.78, 5) is 26.1. The van der Waals surface area contributed by atoms with Gasteiger partial charge in [-0.3, -0.25) is 9.59 Å². The fourth-order valence-electron chi connectivity index (χ4n) is 2.11. The molecule has 0 saturated carbocycles. The molecule has 98 valence electrons. The largest absolute Gasteiger partial charge is 0.481 e. The van der Waals surface area contributed by atoms with Gasteiger partial charge >= 0.3 is 5.97 Å². The van der Waals surface area contributed by atoms with Crippen LogP contribution < -0.4 is 5.73 Å². The second-order valence-corrected chi connectivity index (χ2v) is 4.72. The molecule has 1 unspecified atom stereocenters. The summed E-state index contributed by atoms with van der Waals surface area (Å²) in [6.07, 6.45) is 1.53. The van der Waals surface area contributed by atoms with Gasteiger partial charge in [0, 0.05) is 19.1 Å². The zero-order valence-electron chi connectivity index (χ0n) is 10.4. The third kappa shape index (κ3) is 3.98. The molecule has 1 aliphatic rings. The van der Waals surface area contributed by atoms with Crippen molar-refractivity contribution >= 4 is 11.9 Å². The van der Waals surface area contributed by atoms with Gasteiger partial charge in [-0.15, -0.1) is 0 Å². The first-order valence-corrected chi connectivity index (χ1v) is 5.84. The minimum atomic E-state index is -1.03. The lowest BCUT2D eigenvalue weighted by molar-refractivity contribution is -0.142. The van der Waals surface area contributed by atoms with Gasteiger partial charge in [-0.05, 0) is 26.9 Å². The predicted octanol–water partition coefficient (Wildman–Crippen LogP) is -0.659. The van der Waals surface area contributed by atoms with Crippen LogP contribution in [0.25, 0.3) is 0 Å². The van der Waals surface area contributed by atoms with E-state index in [0.29, 0.717) is 19.1 Å². The molecule has 0 radical (unpaired) electrons. The summed E-state index contributed by atoms with van der Waals surface area (Å²) in [5.74, 6) is -1.28. The van der Waals surface area contributed by atoms with Crippen molar-refractivity contribution in [3.05, 3.63) is 0 Å². The second-order valence-electron chi connectivity index (χ2n) is 4.72. The predicted molar refractivity (Wildman–Crippen MR) is 63.5 cm³/mol. The van der Waals surface area contributed by atoms with Crippen LogP contribution >= 0.6 is 0 Å². The molecule has 1 saturated heterocycles. The Morgan fingerprint density at radius 1 is 1.41 bits per heavy atom. The van der Waals surface area contributed by atoms with Gasteiger partial charge < -0.3 is 20.6 Å². The molecule has 1 heterocycles. The van der Waals surface area contributed by atoms with E-state index in [1.807, 2.05) is 14.1 Å². The van der Waals surface area contributed by atoms with E-state index in [-0.39, 0.29) is 12.3 Å². The number of amides is 1. The smallest absolute Gasteiger partial charge is 0.305 e. The average Bonchev–Trinajstić information content (AvgIpc) is 2.27. The highest BCUT2D eigenvalue weighted by molar-refractivity contribution is 5.86. The molecule has 3 N–H and O–H groups in total. The van der Waals surface area contributed by atoms with E-state index in [0.717, 1.165) is 12.8 Å². The quantitative estimate of drug-likeness (QED) is 0.684. The van der Waals surface area contributed by atoms with E-state index in [4.69, 9.17) is 10.8 Å². The van der Waals surface area contributed by atoms with Crippen LogP contribution in [-0.2, 0) is 9.59 Å². The van der Waals surface area contributed by atoms with Gasteiger partial charge in [0.15, 0.2) is 0 Å². The molecule has 0 spiro atoms. The highest BCUT2D eigenvalue weighted by atomic mass is 16.4. The first-order chi connectivity index (χ1) is 7.91. The molecule has 0 aliphatic carbocycles. The third-order valence-electron chi connectivity index (χ3n) is 3.22. The Morgan fingerprint density at radius 2 is 1.94 bits per heavy atom. The van der Waals surface area contributed by atoms with E-state index in [1.54, 1.807) is 4.90 Å². The summed E-state index contributed by atoms with van der Waals surface area (Å²) in [5, 5.41) is 8.59. The van der Waals surface area contributed by atoms with E-state index in [2.05, 4.69) is 4.90 Å². The molecule has 0 bridgehead atoms. The van der Waals surface area contributed by atoms with Crippen molar-refractivity contribution in [2.45, 2.75) is 31.3 Å². The maximum Gasteiger partial charge on any atom is 0.305 e. The van der Waals surface area contributed by atoms with Gasteiger partial charge in [-0.25, -0.2) is 0 Å². The number of likely N-dealkylation sites (tertiary alicyclic amines) is 1. The molecular weight excluding hydrogens is 222 g/mol. The van der Waals surface area contributed by atoms with Gasteiger partial charge in [-0.2, -0.15) is 0 Å². The van der Waals surface area contributed by atoms with Crippen molar-refractivity contribution < 1.29 is 14.7 Å². The summed E-state index contributed by atoms with van der Waals surface area (Å²) in [6, 6.07) is -0.418. The van der Waals surface area contributed by atoms with Crippen molar-refractivity contribution in [3.63, 3.8) is 0 Å². The maximum atomic E-state index is 11.8. The van der Waals surface area contributed by atoms with Gasteiger partial charge in [0.25, 0.3) is 0 Å². The SMILES string of the molecule is CN(C)C1CCN(C(=O)C(N)CC(=O)O)CC1. The first-order valence-electron chi connectivity index (χ1n) is 5.84. The van der Waals surface area contributed by atoms with Crippen LogP contribution in [0.5, 0.6) is 0 Å². The summed E-state index contributed by atoms with van der Waals surface area (Å²) in [6.45, 7) is 1.32. The Balaban J connectivity index is 2.43. The third-order valence-corrected chi connectivity index (χ3v) is 3.22. The van der Waals surface area contributed by atoms with Crippen LogP contribution in [0.2, 0.25) is 0 Å². The topological polar surface area (TPSA) is 86.9 Å². The Bertz CT molecular complexity index is 286. The summed E-state index contributed by atoms with van der Waals surface area (Å²) in [7, 11) is 4.05.